The predicted octanol–water partition coefficient (Wildman–Crippen LogP) is 2.14. The molecule has 0 saturated heterocycles. The van der Waals surface area contributed by atoms with Crippen molar-refractivity contribution >= 4 is 21.8 Å². The number of hydrazine groups is 1. The highest BCUT2D eigenvalue weighted by molar-refractivity contribution is 9.10. The first-order valence-corrected chi connectivity index (χ1v) is 7.28. The van der Waals surface area contributed by atoms with E-state index < -0.39 is 0 Å². The van der Waals surface area contributed by atoms with E-state index in [1.807, 2.05) is 12.1 Å². The van der Waals surface area contributed by atoms with Gasteiger partial charge in [-0.2, -0.15) is 0 Å². The number of carbonyl (C=O) groups excluding carboxylic acids is 1. The van der Waals surface area contributed by atoms with E-state index in [0.717, 1.165) is 29.4 Å². The monoisotopic (exact) mass is 325 g/mol. The van der Waals surface area contributed by atoms with Gasteiger partial charge >= 0.3 is 0 Å². The molecule has 0 radical (unpaired) electrons. The molecule has 1 amide bonds. The zero-order valence-corrected chi connectivity index (χ0v) is 12.9. The van der Waals surface area contributed by atoms with Gasteiger partial charge in [-0.25, -0.2) is 5.84 Å². The molecule has 1 aliphatic carbocycles. The topological polar surface area (TPSA) is 58.4 Å². The van der Waals surface area contributed by atoms with E-state index in [-0.39, 0.29) is 5.91 Å². The molecule has 0 spiro atoms. The molecule has 104 valence electrons. The van der Waals surface area contributed by atoms with Crippen LogP contribution in [-0.2, 0) is 6.54 Å². The van der Waals surface area contributed by atoms with Gasteiger partial charge in [0.25, 0.3) is 5.91 Å². The summed E-state index contributed by atoms with van der Waals surface area (Å²) in [5.74, 6) is 6.58. The largest absolute Gasteiger partial charge is 0.302 e. The van der Waals surface area contributed by atoms with Crippen molar-refractivity contribution in [2.75, 3.05) is 13.6 Å². The van der Waals surface area contributed by atoms with Crippen LogP contribution in [0.4, 0.5) is 0 Å². The lowest BCUT2D eigenvalue weighted by atomic mass is 10.1. The third-order valence-electron chi connectivity index (χ3n) is 3.71. The quantitative estimate of drug-likeness (QED) is 0.495. The third kappa shape index (κ3) is 3.78. The number of nitrogens with zero attached hydrogens (tertiary/aromatic N) is 1. The second-order valence-electron chi connectivity index (χ2n) is 5.45. The maximum absolute atomic E-state index is 11.4. The second-order valence-corrected chi connectivity index (χ2v) is 6.30. The fourth-order valence-corrected chi connectivity index (χ4v) is 2.81. The average molecular weight is 326 g/mol. The summed E-state index contributed by atoms with van der Waals surface area (Å²) in [5.41, 5.74) is 3.89. The molecule has 3 N–H and O–H groups in total. The average Bonchev–Trinajstić information content (AvgIpc) is 3.06. The Morgan fingerprint density at radius 1 is 1.58 bits per heavy atom. The Bertz CT molecular complexity index is 478. The molecule has 1 saturated carbocycles. The van der Waals surface area contributed by atoms with E-state index >= 15 is 0 Å². The molecule has 0 aromatic heterocycles. The number of rotatable bonds is 5. The number of nitrogen functional groups attached to an aromatic ring is 1. The van der Waals surface area contributed by atoms with E-state index in [0.29, 0.717) is 5.56 Å². The Morgan fingerprint density at radius 2 is 2.26 bits per heavy atom. The molecule has 1 aliphatic rings. The Balaban J connectivity index is 1.98. The molecule has 2 rings (SSSR count). The Labute approximate surface area is 122 Å². The summed E-state index contributed by atoms with van der Waals surface area (Å²) in [6.45, 7) is 4.32. The van der Waals surface area contributed by atoms with Gasteiger partial charge in [0.05, 0.1) is 0 Å². The molecule has 2 unspecified atom stereocenters. The van der Waals surface area contributed by atoms with Gasteiger partial charge in [0, 0.05) is 23.1 Å². The lowest BCUT2D eigenvalue weighted by Gasteiger charge is -2.17. The van der Waals surface area contributed by atoms with E-state index in [2.05, 4.69) is 40.2 Å². The molecule has 5 heteroatoms. The van der Waals surface area contributed by atoms with Crippen LogP contribution in [0.5, 0.6) is 0 Å². The van der Waals surface area contributed by atoms with Crippen LogP contribution in [0.25, 0.3) is 0 Å². The zero-order valence-electron chi connectivity index (χ0n) is 11.3. The highest BCUT2D eigenvalue weighted by atomic mass is 79.9. The minimum Gasteiger partial charge on any atom is -0.302 e. The van der Waals surface area contributed by atoms with Crippen LogP contribution in [0.2, 0.25) is 0 Å². The molecule has 0 aliphatic heterocycles. The lowest BCUT2D eigenvalue weighted by molar-refractivity contribution is 0.0953. The first kappa shape index (κ1) is 14.5. The molecule has 1 aromatic carbocycles. The summed E-state index contributed by atoms with van der Waals surface area (Å²) in [5, 5.41) is 0. The van der Waals surface area contributed by atoms with E-state index in [1.165, 1.54) is 12.0 Å². The summed E-state index contributed by atoms with van der Waals surface area (Å²) < 4.78 is 0.948. The number of benzene rings is 1. The van der Waals surface area contributed by atoms with Crippen LogP contribution in [0.1, 0.15) is 29.3 Å². The highest BCUT2D eigenvalue weighted by Gasteiger charge is 2.33. The van der Waals surface area contributed by atoms with Crippen molar-refractivity contribution < 1.29 is 4.79 Å². The molecule has 0 heterocycles. The number of hydrogen-bond donors (Lipinski definition) is 2. The van der Waals surface area contributed by atoms with E-state index in [4.69, 9.17) is 5.84 Å². The fourth-order valence-electron chi connectivity index (χ4n) is 2.31. The number of halogens is 1. The molecule has 19 heavy (non-hydrogen) atoms. The summed E-state index contributed by atoms with van der Waals surface area (Å²) in [6, 6.07) is 5.59. The summed E-state index contributed by atoms with van der Waals surface area (Å²) in [4.78, 5) is 13.8. The van der Waals surface area contributed by atoms with E-state index in [9.17, 15) is 4.79 Å². The van der Waals surface area contributed by atoms with Crippen molar-refractivity contribution in [3.63, 3.8) is 0 Å². The Morgan fingerprint density at radius 3 is 2.79 bits per heavy atom. The van der Waals surface area contributed by atoms with Crippen LogP contribution >= 0.6 is 15.9 Å². The number of nitrogens with one attached hydrogen (secondary N) is 1. The Kier molecular flexibility index (Phi) is 4.60. The van der Waals surface area contributed by atoms with Gasteiger partial charge in [0.15, 0.2) is 0 Å². The van der Waals surface area contributed by atoms with Crippen LogP contribution in [-0.4, -0.2) is 24.4 Å². The van der Waals surface area contributed by atoms with Crippen molar-refractivity contribution in [3.8, 4) is 0 Å². The van der Waals surface area contributed by atoms with Gasteiger partial charge < -0.3 is 4.90 Å². The van der Waals surface area contributed by atoms with Gasteiger partial charge in [-0.15, -0.1) is 0 Å². The minimum atomic E-state index is -0.271. The first-order chi connectivity index (χ1) is 9.01. The molecule has 4 nitrogen and oxygen atoms in total. The Hall–Kier alpha value is -0.910. The minimum absolute atomic E-state index is 0.271. The van der Waals surface area contributed by atoms with Gasteiger partial charge in [-0.05, 0) is 43.0 Å². The van der Waals surface area contributed by atoms with Gasteiger partial charge in [0.1, 0.15) is 0 Å². The lowest BCUT2D eigenvalue weighted by Crippen LogP contribution is -2.30. The zero-order chi connectivity index (χ0) is 14.0. The molecular formula is C14H20BrN3O. The predicted molar refractivity (Wildman–Crippen MR) is 79.4 cm³/mol. The van der Waals surface area contributed by atoms with Gasteiger partial charge in [-0.3, -0.25) is 10.2 Å². The maximum atomic E-state index is 11.4. The van der Waals surface area contributed by atoms with Crippen molar-refractivity contribution in [3.05, 3.63) is 33.8 Å². The summed E-state index contributed by atoms with van der Waals surface area (Å²) in [6.07, 6.45) is 1.35. The van der Waals surface area contributed by atoms with Crippen LogP contribution in [0.15, 0.2) is 22.7 Å². The number of hydrogen-bond acceptors (Lipinski definition) is 3. The van der Waals surface area contributed by atoms with Crippen molar-refractivity contribution in [1.29, 1.82) is 0 Å². The SMILES string of the molecule is CC1CC1CN(C)Cc1ccc(C(=O)NN)cc1Br. The summed E-state index contributed by atoms with van der Waals surface area (Å²) >= 11 is 3.52. The smallest absolute Gasteiger partial charge is 0.265 e. The van der Waals surface area contributed by atoms with Crippen LogP contribution < -0.4 is 11.3 Å². The molecule has 0 bridgehead atoms. The first-order valence-electron chi connectivity index (χ1n) is 6.49. The molecular weight excluding hydrogens is 306 g/mol. The normalized spacial score (nSPS) is 21.5. The second kappa shape index (κ2) is 6.03. The fraction of sp³-hybridized carbons (Fsp3) is 0.500. The van der Waals surface area contributed by atoms with E-state index in [1.54, 1.807) is 6.07 Å². The standard InChI is InChI=1S/C14H20BrN3O/c1-9-5-12(9)8-18(2)7-11-4-3-10(6-13(11)15)14(19)17-16/h3-4,6,9,12H,5,7-8,16H2,1-2H3,(H,17,19). The van der Waals surface area contributed by atoms with Crippen molar-refractivity contribution in [2.24, 2.45) is 17.7 Å². The number of amides is 1. The van der Waals surface area contributed by atoms with Gasteiger partial charge in [-0.1, -0.05) is 28.9 Å². The molecule has 1 aromatic rings. The van der Waals surface area contributed by atoms with Crippen LogP contribution in [0, 0.1) is 11.8 Å². The van der Waals surface area contributed by atoms with Crippen molar-refractivity contribution in [1.82, 2.24) is 10.3 Å². The summed E-state index contributed by atoms with van der Waals surface area (Å²) in [7, 11) is 2.14. The number of carbonyl (C=O) groups is 1. The highest BCUT2D eigenvalue weighted by Crippen LogP contribution is 2.38. The van der Waals surface area contributed by atoms with Crippen molar-refractivity contribution in [2.45, 2.75) is 19.9 Å². The maximum Gasteiger partial charge on any atom is 0.265 e. The third-order valence-corrected chi connectivity index (χ3v) is 4.45. The van der Waals surface area contributed by atoms with Gasteiger partial charge in [0.2, 0.25) is 0 Å². The molecule has 2 atom stereocenters. The van der Waals surface area contributed by atoms with Crippen LogP contribution in [0.3, 0.4) is 0 Å². The number of nitrogens with two attached hydrogens (primary N) is 1. The molecule has 1 fully saturated rings.